The predicted molar refractivity (Wildman–Crippen MR) is 97.9 cm³/mol. The first-order chi connectivity index (χ1) is 12.7. The van der Waals surface area contributed by atoms with Crippen molar-refractivity contribution in [1.29, 1.82) is 0 Å². The number of hydrazine groups is 1. The summed E-state index contributed by atoms with van der Waals surface area (Å²) in [5.41, 5.74) is 5.86. The van der Waals surface area contributed by atoms with E-state index in [0.29, 0.717) is 16.2 Å². The molecule has 10 heteroatoms. The summed E-state index contributed by atoms with van der Waals surface area (Å²) in [6, 6.07) is 8.73. The molecule has 0 amide bonds. The third kappa shape index (κ3) is 4.88. The van der Waals surface area contributed by atoms with Crippen LogP contribution in [0.3, 0.4) is 0 Å². The van der Waals surface area contributed by atoms with Crippen molar-refractivity contribution in [2.45, 2.75) is 42.9 Å². The van der Waals surface area contributed by atoms with Crippen LogP contribution in [0.4, 0.5) is 13.2 Å². The van der Waals surface area contributed by atoms with Crippen LogP contribution in [0.2, 0.25) is 0 Å². The third-order valence-electron chi connectivity index (χ3n) is 4.37. The smallest absolute Gasteiger partial charge is 0.249 e. The quantitative estimate of drug-likeness (QED) is 0.673. The lowest BCUT2D eigenvalue weighted by molar-refractivity contribution is -0.153. The number of hydrogen-bond acceptors (Lipinski definition) is 5. The molecule has 1 aromatic carbocycles. The van der Waals surface area contributed by atoms with Gasteiger partial charge in [-0.2, -0.15) is 13.2 Å². The second-order valence-corrected chi connectivity index (χ2v) is 9.40. The maximum Gasteiger partial charge on any atom is 0.405 e. The monoisotopic (exact) mass is 419 g/mol. The van der Waals surface area contributed by atoms with Gasteiger partial charge in [-0.3, -0.25) is 0 Å². The van der Waals surface area contributed by atoms with Crippen LogP contribution in [0.5, 0.6) is 0 Å². The minimum Gasteiger partial charge on any atom is -0.249 e. The lowest BCUT2D eigenvalue weighted by atomic mass is 10.1. The van der Waals surface area contributed by atoms with E-state index in [0.717, 1.165) is 5.56 Å². The van der Waals surface area contributed by atoms with E-state index < -0.39 is 28.3 Å². The molecule has 1 aliphatic heterocycles. The summed E-state index contributed by atoms with van der Waals surface area (Å²) in [5, 5.41) is 0. The van der Waals surface area contributed by atoms with Crippen molar-refractivity contribution in [2.24, 2.45) is 0 Å². The van der Waals surface area contributed by atoms with Crippen LogP contribution in [0, 0.1) is 6.92 Å². The first-order valence-electron chi connectivity index (χ1n) is 8.38. The number of sulfonamides is 1. The maximum absolute atomic E-state index is 12.8. The highest BCUT2D eigenvalue weighted by atomic mass is 32.2. The first-order valence-corrected chi connectivity index (χ1v) is 10.7. The third-order valence-corrected chi connectivity index (χ3v) is 7.25. The minimum absolute atomic E-state index is 0.118. The van der Waals surface area contributed by atoms with Gasteiger partial charge in [0.2, 0.25) is 10.0 Å². The van der Waals surface area contributed by atoms with Crippen LogP contribution in [-0.4, -0.2) is 27.2 Å². The second kappa shape index (κ2) is 7.88. The van der Waals surface area contributed by atoms with Crippen LogP contribution in [-0.2, 0) is 16.4 Å². The van der Waals surface area contributed by atoms with E-state index >= 15 is 0 Å². The zero-order valence-corrected chi connectivity index (χ0v) is 16.1. The average molecular weight is 419 g/mol. The Morgan fingerprint density at radius 3 is 2.56 bits per heavy atom. The molecule has 2 heterocycles. The highest BCUT2D eigenvalue weighted by Gasteiger charge is 2.45. The molecule has 1 aliphatic rings. The summed E-state index contributed by atoms with van der Waals surface area (Å²) >= 11 is 1.19. The van der Waals surface area contributed by atoms with Crippen molar-refractivity contribution in [3.05, 3.63) is 51.7 Å². The Balaban J connectivity index is 1.66. The predicted octanol–water partition coefficient (Wildman–Crippen LogP) is 3.05. The molecule has 1 saturated heterocycles. The number of aryl methyl sites for hydroxylation is 1. The maximum atomic E-state index is 12.8. The van der Waals surface area contributed by atoms with Gasteiger partial charge in [-0.05, 0) is 31.4 Å². The van der Waals surface area contributed by atoms with Crippen LogP contribution < -0.4 is 15.6 Å². The van der Waals surface area contributed by atoms with Gasteiger partial charge >= 0.3 is 6.18 Å². The molecule has 1 aromatic heterocycles. The fourth-order valence-electron chi connectivity index (χ4n) is 2.94. The Kier molecular flexibility index (Phi) is 5.92. The summed E-state index contributed by atoms with van der Waals surface area (Å²) < 4.78 is 66.1. The molecule has 2 atom stereocenters. The average Bonchev–Trinajstić information content (AvgIpc) is 3.22. The summed E-state index contributed by atoms with van der Waals surface area (Å²) in [6.07, 6.45) is -3.97. The Hall–Kier alpha value is -1.46. The molecular formula is C17H20F3N3O2S2. The van der Waals surface area contributed by atoms with Crippen LogP contribution in [0.15, 0.2) is 41.3 Å². The Morgan fingerprint density at radius 1 is 1.22 bits per heavy atom. The highest BCUT2D eigenvalue weighted by Crippen LogP contribution is 2.36. The number of thiophene rings is 1. The van der Waals surface area contributed by atoms with Crippen LogP contribution >= 0.6 is 11.3 Å². The van der Waals surface area contributed by atoms with Gasteiger partial charge in [0.1, 0.15) is 6.04 Å². The van der Waals surface area contributed by atoms with Crippen molar-refractivity contribution < 1.29 is 21.6 Å². The number of rotatable bonds is 6. The Bertz CT molecular complexity index is 883. The number of benzene rings is 1. The fourth-order valence-corrected chi connectivity index (χ4v) is 5.64. The van der Waals surface area contributed by atoms with Gasteiger partial charge in [-0.1, -0.05) is 30.3 Å². The molecule has 0 aliphatic carbocycles. The summed E-state index contributed by atoms with van der Waals surface area (Å²) in [5.74, 6) is 0. The van der Waals surface area contributed by atoms with Gasteiger partial charge in [0.05, 0.1) is 10.9 Å². The molecule has 3 rings (SSSR count). The number of nitrogens with one attached hydrogen (secondary N) is 3. The van der Waals surface area contributed by atoms with Crippen LogP contribution in [0.25, 0.3) is 0 Å². The molecule has 5 nitrogen and oxygen atoms in total. The zero-order chi connectivity index (χ0) is 19.7. The molecular weight excluding hydrogens is 399 g/mol. The number of halogens is 3. The van der Waals surface area contributed by atoms with E-state index in [1.807, 2.05) is 30.3 Å². The molecule has 148 valence electrons. The van der Waals surface area contributed by atoms with Crippen molar-refractivity contribution in [3.8, 4) is 0 Å². The molecule has 2 aromatic rings. The largest absolute Gasteiger partial charge is 0.405 e. The van der Waals surface area contributed by atoms with E-state index in [1.165, 1.54) is 17.4 Å². The van der Waals surface area contributed by atoms with Gasteiger partial charge in [-0.25, -0.2) is 24.0 Å². The van der Waals surface area contributed by atoms with E-state index in [4.69, 9.17) is 0 Å². The summed E-state index contributed by atoms with van der Waals surface area (Å²) in [4.78, 5) is 1.23. The zero-order valence-electron chi connectivity index (χ0n) is 14.5. The highest BCUT2D eigenvalue weighted by molar-refractivity contribution is 7.89. The minimum atomic E-state index is -4.35. The van der Waals surface area contributed by atoms with Gasteiger partial charge < -0.3 is 0 Å². The van der Waals surface area contributed by atoms with E-state index in [2.05, 4.69) is 15.6 Å². The molecule has 1 fully saturated rings. The molecule has 0 saturated carbocycles. The summed E-state index contributed by atoms with van der Waals surface area (Å²) in [6.45, 7) is 1.90. The Labute approximate surface area is 160 Å². The van der Waals surface area contributed by atoms with Crippen molar-refractivity contribution in [1.82, 2.24) is 15.6 Å². The molecule has 0 bridgehead atoms. The molecule has 27 heavy (non-hydrogen) atoms. The Morgan fingerprint density at radius 2 is 1.93 bits per heavy atom. The lowest BCUT2D eigenvalue weighted by Gasteiger charge is -2.12. The summed E-state index contributed by atoms with van der Waals surface area (Å²) in [7, 11) is -3.72. The van der Waals surface area contributed by atoms with Crippen molar-refractivity contribution in [2.75, 3.05) is 6.54 Å². The SMILES string of the molecule is Cc1sc(C2CC(C(F)(F)F)NN2)cc1S(=O)(=O)NCCc1ccccc1. The van der Waals surface area contributed by atoms with Gasteiger partial charge in [-0.15, -0.1) is 11.3 Å². The molecule has 3 N–H and O–H groups in total. The van der Waals surface area contributed by atoms with Crippen molar-refractivity contribution >= 4 is 21.4 Å². The number of alkyl halides is 3. The number of hydrogen-bond donors (Lipinski definition) is 3. The van der Waals surface area contributed by atoms with Gasteiger partial charge in [0.25, 0.3) is 0 Å². The van der Waals surface area contributed by atoms with E-state index in [-0.39, 0.29) is 17.9 Å². The van der Waals surface area contributed by atoms with Gasteiger partial charge in [0, 0.05) is 16.3 Å². The van der Waals surface area contributed by atoms with E-state index in [1.54, 1.807) is 6.92 Å². The molecule has 2 unspecified atom stereocenters. The standard InChI is InChI=1S/C17H20F3N3O2S2/c1-11-15(27(24,25)21-8-7-12-5-3-2-4-6-12)10-14(26-11)13-9-16(23-22-13)17(18,19)20/h2-6,10,13,16,21-23H,7-9H2,1H3. The topological polar surface area (TPSA) is 70.2 Å². The van der Waals surface area contributed by atoms with E-state index in [9.17, 15) is 21.6 Å². The second-order valence-electron chi connectivity index (χ2n) is 6.37. The first kappa shape index (κ1) is 20.3. The normalized spacial score (nSPS) is 20.9. The van der Waals surface area contributed by atoms with Gasteiger partial charge in [0.15, 0.2) is 0 Å². The fraction of sp³-hybridized carbons (Fsp3) is 0.412. The van der Waals surface area contributed by atoms with Crippen molar-refractivity contribution in [3.63, 3.8) is 0 Å². The molecule has 0 radical (unpaired) electrons. The van der Waals surface area contributed by atoms with Crippen LogP contribution in [0.1, 0.15) is 27.8 Å². The molecule has 0 spiro atoms. The lowest BCUT2D eigenvalue weighted by Crippen LogP contribution is -2.40.